The summed E-state index contributed by atoms with van der Waals surface area (Å²) in [6.45, 7) is 0. The maximum absolute atomic E-state index is 12.1. The van der Waals surface area contributed by atoms with E-state index in [2.05, 4.69) is 10.9 Å². The van der Waals surface area contributed by atoms with Crippen molar-refractivity contribution >= 4 is 28.8 Å². The van der Waals surface area contributed by atoms with E-state index in [9.17, 15) is 19.7 Å². The molecule has 2 amide bonds. The number of hydrogen-bond donors (Lipinski definition) is 2. The second kappa shape index (κ2) is 6.79. The molecule has 7 nitrogen and oxygen atoms in total. The van der Waals surface area contributed by atoms with Gasteiger partial charge in [-0.25, -0.2) is 0 Å². The summed E-state index contributed by atoms with van der Waals surface area (Å²) in [6, 6.07) is 7.04. The molecule has 124 valence electrons. The van der Waals surface area contributed by atoms with Crippen LogP contribution >= 0.6 is 11.3 Å². The number of amides is 2. The molecule has 3 rings (SSSR count). The van der Waals surface area contributed by atoms with Crippen molar-refractivity contribution in [3.05, 3.63) is 61.3 Å². The Kier molecular flexibility index (Phi) is 4.57. The molecular formula is C16H15N3O4S. The largest absolute Gasteiger partial charge is 0.279 e. The molecule has 1 heterocycles. The molecule has 2 aromatic rings. The Morgan fingerprint density at radius 1 is 1.04 bits per heavy atom. The first kappa shape index (κ1) is 16.1. The zero-order valence-corrected chi connectivity index (χ0v) is 13.5. The molecule has 0 radical (unpaired) electrons. The van der Waals surface area contributed by atoms with Crippen molar-refractivity contribution < 1.29 is 14.5 Å². The highest BCUT2D eigenvalue weighted by atomic mass is 32.1. The summed E-state index contributed by atoms with van der Waals surface area (Å²) in [4.78, 5) is 36.0. The predicted octanol–water partition coefficient (Wildman–Crippen LogP) is 2.61. The third kappa shape index (κ3) is 3.43. The Morgan fingerprint density at radius 3 is 2.38 bits per heavy atom. The number of thiophene rings is 1. The van der Waals surface area contributed by atoms with Gasteiger partial charge >= 0.3 is 0 Å². The number of nitro groups is 1. The lowest BCUT2D eigenvalue weighted by Crippen LogP contribution is -2.41. The van der Waals surface area contributed by atoms with Crippen LogP contribution in [0.1, 0.15) is 43.3 Å². The highest BCUT2D eigenvalue weighted by molar-refractivity contribution is 7.14. The molecule has 0 fully saturated rings. The molecule has 0 atom stereocenters. The zero-order chi connectivity index (χ0) is 17.1. The minimum Gasteiger partial charge on any atom is -0.267 e. The van der Waals surface area contributed by atoms with E-state index >= 15 is 0 Å². The first-order valence-electron chi connectivity index (χ1n) is 7.51. The van der Waals surface area contributed by atoms with E-state index in [0.29, 0.717) is 4.88 Å². The topological polar surface area (TPSA) is 101 Å². The molecule has 1 aromatic heterocycles. The minimum atomic E-state index is -0.540. The molecule has 0 aliphatic heterocycles. The molecule has 0 saturated carbocycles. The first-order valence-corrected chi connectivity index (χ1v) is 8.33. The van der Waals surface area contributed by atoms with E-state index in [0.717, 1.165) is 25.7 Å². The van der Waals surface area contributed by atoms with E-state index in [1.807, 2.05) is 6.07 Å². The van der Waals surface area contributed by atoms with E-state index in [1.54, 1.807) is 0 Å². The summed E-state index contributed by atoms with van der Waals surface area (Å²) in [5, 5.41) is 10.6. The molecule has 24 heavy (non-hydrogen) atoms. The van der Waals surface area contributed by atoms with Crippen LogP contribution in [0.4, 0.5) is 5.69 Å². The number of hydrogen-bond acceptors (Lipinski definition) is 5. The van der Waals surface area contributed by atoms with Gasteiger partial charge in [0, 0.05) is 22.6 Å². The van der Waals surface area contributed by atoms with Crippen LogP contribution < -0.4 is 10.9 Å². The van der Waals surface area contributed by atoms with Crippen molar-refractivity contribution in [2.24, 2.45) is 0 Å². The normalized spacial score (nSPS) is 13.0. The Balaban J connectivity index is 1.60. The maximum atomic E-state index is 12.1. The van der Waals surface area contributed by atoms with Gasteiger partial charge < -0.3 is 0 Å². The van der Waals surface area contributed by atoms with E-state index in [-0.39, 0.29) is 17.2 Å². The van der Waals surface area contributed by atoms with Gasteiger partial charge in [0.05, 0.1) is 9.80 Å². The summed E-state index contributed by atoms with van der Waals surface area (Å²) in [5.41, 5.74) is 6.06. The van der Waals surface area contributed by atoms with Crippen molar-refractivity contribution in [2.75, 3.05) is 0 Å². The van der Waals surface area contributed by atoms with Crippen LogP contribution in [0.15, 0.2) is 30.3 Å². The number of fused-ring (bicyclic) bond motifs is 1. The lowest BCUT2D eigenvalue weighted by atomic mass is 9.99. The Bertz CT molecular complexity index is 775. The number of carbonyl (C=O) groups is 2. The number of benzene rings is 1. The molecule has 0 unspecified atom stereocenters. The smallest absolute Gasteiger partial charge is 0.267 e. The zero-order valence-electron chi connectivity index (χ0n) is 12.7. The quantitative estimate of drug-likeness (QED) is 0.659. The lowest BCUT2D eigenvalue weighted by molar-refractivity contribution is -0.384. The minimum absolute atomic E-state index is 0.0975. The first-order chi connectivity index (χ1) is 11.5. The van der Waals surface area contributed by atoms with Crippen molar-refractivity contribution in [1.29, 1.82) is 0 Å². The number of carbonyl (C=O) groups excluding carboxylic acids is 2. The van der Waals surface area contributed by atoms with Gasteiger partial charge in [0.2, 0.25) is 0 Å². The third-order valence-electron chi connectivity index (χ3n) is 3.85. The number of nitrogens with zero attached hydrogens (tertiary/aromatic N) is 1. The molecular weight excluding hydrogens is 330 g/mol. The van der Waals surface area contributed by atoms with Gasteiger partial charge in [-0.15, -0.1) is 11.3 Å². The Labute approximate surface area is 141 Å². The highest BCUT2D eigenvalue weighted by Crippen LogP contribution is 2.29. The second-order valence-electron chi connectivity index (χ2n) is 5.48. The number of non-ortho nitro benzene ring substituents is 1. The van der Waals surface area contributed by atoms with E-state index < -0.39 is 10.8 Å². The highest BCUT2D eigenvalue weighted by Gasteiger charge is 2.18. The molecule has 0 saturated heterocycles. The van der Waals surface area contributed by atoms with Crippen molar-refractivity contribution in [1.82, 2.24) is 10.9 Å². The van der Waals surface area contributed by atoms with Crippen LogP contribution in [0.2, 0.25) is 0 Å². The predicted molar refractivity (Wildman–Crippen MR) is 89.0 cm³/mol. The van der Waals surface area contributed by atoms with Gasteiger partial charge in [0.25, 0.3) is 17.5 Å². The summed E-state index contributed by atoms with van der Waals surface area (Å²) in [7, 11) is 0. The molecule has 1 aliphatic rings. The van der Waals surface area contributed by atoms with Crippen LogP contribution in [-0.2, 0) is 12.8 Å². The average Bonchev–Trinajstić information content (AvgIpc) is 3.03. The van der Waals surface area contributed by atoms with Gasteiger partial charge in [-0.2, -0.15) is 0 Å². The maximum Gasteiger partial charge on any atom is 0.279 e. The average molecular weight is 345 g/mol. The summed E-state index contributed by atoms with van der Waals surface area (Å²) in [5.74, 6) is -0.885. The second-order valence-corrected chi connectivity index (χ2v) is 6.62. The fraction of sp³-hybridized carbons (Fsp3) is 0.250. The molecule has 0 spiro atoms. The standard InChI is InChI=1S/C16H15N3O4S/c20-15(10-5-7-12(8-6-10)19(22)23)17-18-16(21)14-9-11-3-1-2-4-13(11)24-14/h5-9H,1-4H2,(H,17,20)(H,18,21). The van der Waals surface area contributed by atoms with Crippen molar-refractivity contribution in [3.8, 4) is 0 Å². The van der Waals surface area contributed by atoms with Gasteiger partial charge in [0.1, 0.15) is 0 Å². The van der Waals surface area contributed by atoms with Crippen molar-refractivity contribution in [3.63, 3.8) is 0 Å². The van der Waals surface area contributed by atoms with Gasteiger partial charge in [-0.3, -0.25) is 30.6 Å². The summed E-state index contributed by atoms with van der Waals surface area (Å²) < 4.78 is 0. The molecule has 0 bridgehead atoms. The lowest BCUT2D eigenvalue weighted by Gasteiger charge is -2.08. The fourth-order valence-corrected chi connectivity index (χ4v) is 3.73. The molecule has 1 aromatic carbocycles. The number of hydrazine groups is 1. The van der Waals surface area contributed by atoms with Crippen LogP contribution in [0.25, 0.3) is 0 Å². The summed E-state index contributed by atoms with van der Waals surface area (Å²) >= 11 is 1.46. The fourth-order valence-electron chi connectivity index (χ4n) is 2.58. The number of nitrogens with one attached hydrogen (secondary N) is 2. The summed E-state index contributed by atoms with van der Waals surface area (Å²) in [6.07, 6.45) is 4.28. The number of rotatable bonds is 3. The van der Waals surface area contributed by atoms with Crippen LogP contribution in [-0.4, -0.2) is 16.7 Å². The molecule has 8 heteroatoms. The monoisotopic (exact) mass is 345 g/mol. The molecule has 2 N–H and O–H groups in total. The Hall–Kier alpha value is -2.74. The van der Waals surface area contributed by atoms with E-state index in [1.165, 1.54) is 46.0 Å². The van der Waals surface area contributed by atoms with Gasteiger partial charge in [-0.05, 0) is 49.4 Å². The molecule has 1 aliphatic carbocycles. The SMILES string of the molecule is O=C(NNC(=O)c1cc2c(s1)CCCC2)c1ccc([N+](=O)[O-])cc1. The third-order valence-corrected chi connectivity index (χ3v) is 5.09. The van der Waals surface area contributed by atoms with Crippen LogP contribution in [0.3, 0.4) is 0 Å². The van der Waals surface area contributed by atoms with Crippen molar-refractivity contribution in [2.45, 2.75) is 25.7 Å². The number of aryl methyl sites for hydroxylation is 2. The number of nitro benzene ring substituents is 1. The van der Waals surface area contributed by atoms with Gasteiger partial charge in [-0.1, -0.05) is 0 Å². The van der Waals surface area contributed by atoms with Crippen LogP contribution in [0.5, 0.6) is 0 Å². The Morgan fingerprint density at radius 2 is 1.71 bits per heavy atom. The van der Waals surface area contributed by atoms with Crippen LogP contribution in [0, 0.1) is 10.1 Å². The van der Waals surface area contributed by atoms with E-state index in [4.69, 9.17) is 0 Å². The van der Waals surface area contributed by atoms with Gasteiger partial charge in [0.15, 0.2) is 0 Å².